The van der Waals surface area contributed by atoms with E-state index in [9.17, 15) is 18.8 Å². The molecule has 0 aliphatic carbocycles. The van der Waals surface area contributed by atoms with E-state index in [1.54, 1.807) is 24.3 Å². The molecule has 31 heavy (non-hydrogen) atoms. The van der Waals surface area contributed by atoms with Crippen LogP contribution in [-0.4, -0.2) is 42.4 Å². The van der Waals surface area contributed by atoms with Gasteiger partial charge in [-0.1, -0.05) is 13.8 Å². The first-order chi connectivity index (χ1) is 14.8. The van der Waals surface area contributed by atoms with Crippen molar-refractivity contribution >= 4 is 29.2 Å². The second-order valence-corrected chi connectivity index (χ2v) is 7.81. The molecule has 0 saturated carbocycles. The number of methoxy groups -OCH3 is 1. The largest absolute Gasteiger partial charge is 0.497 e. The molecular formula is C23H26FN3O4. The molecule has 1 atom stereocenters. The average molecular weight is 427 g/mol. The van der Waals surface area contributed by atoms with E-state index in [0.717, 1.165) is 4.90 Å². The Morgan fingerprint density at radius 3 is 2.32 bits per heavy atom. The van der Waals surface area contributed by atoms with Crippen LogP contribution in [0.5, 0.6) is 5.75 Å². The Morgan fingerprint density at radius 1 is 1.10 bits per heavy atom. The highest BCUT2D eigenvalue weighted by Crippen LogP contribution is 2.29. The summed E-state index contributed by atoms with van der Waals surface area (Å²) in [7, 11) is 1.53. The predicted octanol–water partition coefficient (Wildman–Crippen LogP) is 4.05. The zero-order valence-electron chi connectivity index (χ0n) is 17.8. The number of anilines is 2. The van der Waals surface area contributed by atoms with Crippen molar-refractivity contribution in [3.63, 3.8) is 0 Å². The normalized spacial score (nSPS) is 16.2. The van der Waals surface area contributed by atoms with Gasteiger partial charge in [-0.3, -0.25) is 9.59 Å². The summed E-state index contributed by atoms with van der Waals surface area (Å²) < 4.78 is 18.2. The summed E-state index contributed by atoms with van der Waals surface area (Å²) in [6.45, 7) is 4.42. The Morgan fingerprint density at radius 2 is 1.74 bits per heavy atom. The van der Waals surface area contributed by atoms with E-state index in [0.29, 0.717) is 36.0 Å². The summed E-state index contributed by atoms with van der Waals surface area (Å²) in [5, 5.41) is 2.66. The number of ether oxygens (including phenoxy) is 1. The standard InChI is InChI=1S/C23H26FN3O4/c1-15(2)12-13-26-20(14-21(28)25-17-6-4-16(24)5-7-17)22(29)27(23(26)30)18-8-10-19(31-3)11-9-18/h4-11,15,20H,12-14H2,1-3H3,(H,25,28). The first-order valence-electron chi connectivity index (χ1n) is 10.1. The van der Waals surface area contributed by atoms with Crippen molar-refractivity contribution in [2.24, 2.45) is 5.92 Å². The minimum Gasteiger partial charge on any atom is -0.497 e. The molecule has 0 radical (unpaired) electrons. The number of hydrogen-bond acceptors (Lipinski definition) is 4. The highest BCUT2D eigenvalue weighted by molar-refractivity contribution is 6.22. The van der Waals surface area contributed by atoms with Crippen molar-refractivity contribution in [2.75, 3.05) is 23.9 Å². The molecule has 0 spiro atoms. The minimum atomic E-state index is -0.909. The molecule has 3 rings (SSSR count). The fourth-order valence-electron chi connectivity index (χ4n) is 3.37. The number of carbonyl (C=O) groups excluding carboxylic acids is 3. The zero-order valence-corrected chi connectivity index (χ0v) is 17.8. The monoisotopic (exact) mass is 427 g/mol. The molecule has 1 unspecified atom stereocenters. The van der Waals surface area contributed by atoms with E-state index in [-0.39, 0.29) is 6.42 Å². The van der Waals surface area contributed by atoms with E-state index < -0.39 is 29.7 Å². The topological polar surface area (TPSA) is 79.0 Å². The molecule has 8 heteroatoms. The highest BCUT2D eigenvalue weighted by atomic mass is 19.1. The van der Waals surface area contributed by atoms with Gasteiger partial charge in [0.15, 0.2) is 0 Å². The Labute approximate surface area is 180 Å². The lowest BCUT2D eigenvalue weighted by Crippen LogP contribution is -2.39. The van der Waals surface area contributed by atoms with E-state index >= 15 is 0 Å². The Kier molecular flexibility index (Phi) is 6.89. The third-order valence-electron chi connectivity index (χ3n) is 5.10. The van der Waals surface area contributed by atoms with Gasteiger partial charge in [-0.15, -0.1) is 0 Å². The molecule has 0 aromatic heterocycles. The fraction of sp³-hybridized carbons (Fsp3) is 0.348. The Balaban J connectivity index is 1.80. The van der Waals surface area contributed by atoms with Crippen molar-refractivity contribution in [3.8, 4) is 5.75 Å². The van der Waals surface area contributed by atoms with Gasteiger partial charge in [-0.2, -0.15) is 0 Å². The molecule has 1 saturated heterocycles. The summed E-state index contributed by atoms with van der Waals surface area (Å²) in [6, 6.07) is 10.6. The summed E-state index contributed by atoms with van der Waals surface area (Å²) in [4.78, 5) is 41.4. The predicted molar refractivity (Wildman–Crippen MR) is 115 cm³/mol. The molecule has 1 aliphatic heterocycles. The van der Waals surface area contributed by atoms with Crippen LogP contribution in [0.4, 0.5) is 20.6 Å². The molecule has 1 fully saturated rings. The molecule has 164 valence electrons. The number of carbonyl (C=O) groups is 3. The van der Waals surface area contributed by atoms with Crippen molar-refractivity contribution in [1.82, 2.24) is 4.90 Å². The number of hydrogen-bond donors (Lipinski definition) is 1. The number of urea groups is 1. The van der Waals surface area contributed by atoms with Crippen LogP contribution in [0.15, 0.2) is 48.5 Å². The molecule has 2 aromatic rings. The van der Waals surface area contributed by atoms with Crippen LogP contribution in [0.1, 0.15) is 26.7 Å². The van der Waals surface area contributed by atoms with Gasteiger partial charge in [-0.05, 0) is 60.9 Å². The lowest BCUT2D eigenvalue weighted by atomic mass is 10.1. The van der Waals surface area contributed by atoms with Crippen LogP contribution < -0.4 is 15.0 Å². The molecule has 2 aromatic carbocycles. The van der Waals surface area contributed by atoms with E-state index in [1.165, 1.54) is 36.3 Å². The molecule has 1 N–H and O–H groups in total. The third kappa shape index (κ3) is 5.20. The van der Waals surface area contributed by atoms with Gasteiger partial charge >= 0.3 is 6.03 Å². The maximum atomic E-state index is 13.2. The second kappa shape index (κ2) is 9.59. The molecule has 1 heterocycles. The van der Waals surface area contributed by atoms with Crippen LogP contribution in [0.25, 0.3) is 0 Å². The second-order valence-electron chi connectivity index (χ2n) is 7.81. The molecule has 7 nitrogen and oxygen atoms in total. The van der Waals surface area contributed by atoms with Gasteiger partial charge in [0.1, 0.15) is 17.6 Å². The number of halogens is 1. The van der Waals surface area contributed by atoms with E-state index in [1.807, 2.05) is 13.8 Å². The third-order valence-corrected chi connectivity index (χ3v) is 5.10. The number of imide groups is 1. The number of nitrogens with one attached hydrogen (secondary N) is 1. The number of benzene rings is 2. The minimum absolute atomic E-state index is 0.188. The fourth-order valence-corrected chi connectivity index (χ4v) is 3.37. The zero-order chi connectivity index (χ0) is 22.5. The number of amides is 4. The van der Waals surface area contributed by atoms with Gasteiger partial charge < -0.3 is 15.0 Å². The quantitative estimate of drug-likeness (QED) is 0.645. The summed E-state index contributed by atoms with van der Waals surface area (Å²) in [5.74, 6) is -0.358. The van der Waals surface area contributed by atoms with Gasteiger partial charge in [0.05, 0.1) is 19.2 Å². The van der Waals surface area contributed by atoms with Gasteiger partial charge in [-0.25, -0.2) is 14.1 Å². The lowest BCUT2D eigenvalue weighted by Gasteiger charge is -2.22. The molecular weight excluding hydrogens is 401 g/mol. The van der Waals surface area contributed by atoms with Crippen LogP contribution >= 0.6 is 0 Å². The smallest absolute Gasteiger partial charge is 0.332 e. The Bertz CT molecular complexity index is 944. The van der Waals surface area contributed by atoms with Crippen LogP contribution in [0.3, 0.4) is 0 Å². The summed E-state index contributed by atoms with van der Waals surface area (Å²) in [6.07, 6.45) is 0.512. The van der Waals surface area contributed by atoms with Crippen molar-refractivity contribution in [2.45, 2.75) is 32.7 Å². The van der Waals surface area contributed by atoms with Crippen LogP contribution in [0, 0.1) is 11.7 Å². The Hall–Kier alpha value is -3.42. The van der Waals surface area contributed by atoms with Crippen LogP contribution in [-0.2, 0) is 9.59 Å². The molecule has 0 bridgehead atoms. The van der Waals surface area contributed by atoms with Gasteiger partial charge in [0, 0.05) is 12.2 Å². The first kappa shape index (κ1) is 22.3. The maximum Gasteiger partial charge on any atom is 0.332 e. The highest BCUT2D eigenvalue weighted by Gasteiger charge is 2.46. The van der Waals surface area contributed by atoms with E-state index in [2.05, 4.69) is 5.32 Å². The summed E-state index contributed by atoms with van der Waals surface area (Å²) >= 11 is 0. The number of nitrogens with zero attached hydrogens (tertiary/aromatic N) is 2. The lowest BCUT2D eigenvalue weighted by molar-refractivity contribution is -0.124. The average Bonchev–Trinajstić information content (AvgIpc) is 2.97. The van der Waals surface area contributed by atoms with Crippen molar-refractivity contribution < 1.29 is 23.5 Å². The molecule has 4 amide bonds. The molecule has 1 aliphatic rings. The van der Waals surface area contributed by atoms with Crippen LogP contribution in [0.2, 0.25) is 0 Å². The summed E-state index contributed by atoms with van der Waals surface area (Å²) in [5.41, 5.74) is 0.843. The maximum absolute atomic E-state index is 13.2. The van der Waals surface area contributed by atoms with Gasteiger partial charge in [0.25, 0.3) is 5.91 Å². The van der Waals surface area contributed by atoms with Crippen molar-refractivity contribution in [1.29, 1.82) is 0 Å². The van der Waals surface area contributed by atoms with Gasteiger partial charge in [0.2, 0.25) is 5.91 Å². The van der Waals surface area contributed by atoms with Crippen molar-refractivity contribution in [3.05, 3.63) is 54.3 Å². The van der Waals surface area contributed by atoms with E-state index in [4.69, 9.17) is 4.74 Å². The number of rotatable bonds is 8. The first-order valence-corrected chi connectivity index (χ1v) is 10.1. The SMILES string of the molecule is COc1ccc(N2C(=O)C(CC(=O)Nc3ccc(F)cc3)N(CCC(C)C)C2=O)cc1.